The van der Waals surface area contributed by atoms with Gasteiger partial charge in [0.2, 0.25) is 0 Å². The molecule has 3 heterocycles. The summed E-state index contributed by atoms with van der Waals surface area (Å²) in [5.41, 5.74) is 5.00. The Morgan fingerprint density at radius 3 is 2.59 bits per heavy atom. The lowest BCUT2D eigenvalue weighted by molar-refractivity contribution is 0.171. The van der Waals surface area contributed by atoms with E-state index < -0.39 is 0 Å². The smallest absolute Gasteiger partial charge is 0.163 e. The number of hydrogen-bond donors (Lipinski definition) is 1. The van der Waals surface area contributed by atoms with Gasteiger partial charge in [-0.1, -0.05) is 30.3 Å². The molecule has 134 valence electrons. The molecule has 5 nitrogen and oxygen atoms in total. The van der Waals surface area contributed by atoms with Crippen LogP contribution in [0, 0.1) is 6.92 Å². The number of aromatic nitrogens is 2. The van der Waals surface area contributed by atoms with Crippen LogP contribution in [0.15, 0.2) is 66.9 Å². The number of aryl methyl sites for hydroxylation is 1. The first-order valence-corrected chi connectivity index (χ1v) is 8.99. The summed E-state index contributed by atoms with van der Waals surface area (Å²) < 4.78 is 13.4. The van der Waals surface area contributed by atoms with Crippen molar-refractivity contribution in [1.82, 2.24) is 9.38 Å². The van der Waals surface area contributed by atoms with E-state index in [4.69, 9.17) is 14.5 Å². The van der Waals surface area contributed by atoms with Crippen molar-refractivity contribution < 1.29 is 9.47 Å². The molecule has 5 heteroatoms. The highest BCUT2D eigenvalue weighted by Gasteiger charge is 2.16. The average Bonchev–Trinajstić information content (AvgIpc) is 3.06. The van der Waals surface area contributed by atoms with Crippen molar-refractivity contribution in [1.29, 1.82) is 0 Å². The molecule has 0 radical (unpaired) electrons. The Morgan fingerprint density at radius 1 is 0.926 bits per heavy atom. The Morgan fingerprint density at radius 2 is 1.74 bits per heavy atom. The van der Waals surface area contributed by atoms with Crippen LogP contribution in [0.5, 0.6) is 11.5 Å². The van der Waals surface area contributed by atoms with Gasteiger partial charge in [-0.3, -0.25) is 4.40 Å². The van der Waals surface area contributed by atoms with Gasteiger partial charge in [0.05, 0.1) is 0 Å². The lowest BCUT2D eigenvalue weighted by Gasteiger charge is -2.19. The van der Waals surface area contributed by atoms with Gasteiger partial charge in [0.1, 0.15) is 30.4 Å². The van der Waals surface area contributed by atoms with Crippen LogP contribution >= 0.6 is 0 Å². The maximum Gasteiger partial charge on any atom is 0.163 e. The van der Waals surface area contributed by atoms with Gasteiger partial charge in [-0.25, -0.2) is 4.98 Å². The molecule has 0 aliphatic carbocycles. The van der Waals surface area contributed by atoms with E-state index in [0.29, 0.717) is 13.2 Å². The first kappa shape index (κ1) is 15.8. The van der Waals surface area contributed by atoms with E-state index in [0.717, 1.165) is 39.9 Å². The number of pyridine rings is 1. The molecule has 0 saturated heterocycles. The summed E-state index contributed by atoms with van der Waals surface area (Å²) in [5, 5.41) is 3.53. The molecule has 0 spiro atoms. The van der Waals surface area contributed by atoms with Gasteiger partial charge < -0.3 is 14.8 Å². The predicted molar refractivity (Wildman–Crippen MR) is 106 cm³/mol. The number of imidazole rings is 1. The van der Waals surface area contributed by atoms with Crippen LogP contribution in [-0.4, -0.2) is 22.6 Å². The number of nitrogens with one attached hydrogen (secondary N) is 1. The monoisotopic (exact) mass is 357 g/mol. The van der Waals surface area contributed by atoms with E-state index >= 15 is 0 Å². The molecule has 1 aliphatic rings. The zero-order chi connectivity index (χ0) is 18.2. The SMILES string of the molecule is Cc1ccn2c(Nc3ccc4c(c3)OCCO4)c(-c3ccccc3)nc2c1. The van der Waals surface area contributed by atoms with E-state index in [9.17, 15) is 0 Å². The zero-order valence-corrected chi connectivity index (χ0v) is 15.0. The molecule has 0 amide bonds. The van der Waals surface area contributed by atoms with Crippen molar-refractivity contribution in [2.45, 2.75) is 6.92 Å². The molecule has 1 aliphatic heterocycles. The minimum atomic E-state index is 0.570. The summed E-state index contributed by atoms with van der Waals surface area (Å²) in [5.74, 6) is 2.47. The predicted octanol–water partition coefficient (Wildman–Crippen LogP) is 4.82. The largest absolute Gasteiger partial charge is 0.486 e. The Balaban J connectivity index is 1.63. The number of nitrogens with zero attached hydrogens (tertiary/aromatic N) is 2. The van der Waals surface area contributed by atoms with Crippen LogP contribution in [0.25, 0.3) is 16.9 Å². The van der Waals surface area contributed by atoms with Crippen molar-refractivity contribution in [3.8, 4) is 22.8 Å². The second-order valence-corrected chi connectivity index (χ2v) is 6.59. The number of fused-ring (bicyclic) bond motifs is 2. The molecule has 2 aromatic carbocycles. The molecule has 5 rings (SSSR count). The second-order valence-electron chi connectivity index (χ2n) is 6.59. The van der Waals surface area contributed by atoms with E-state index in [-0.39, 0.29) is 0 Å². The summed E-state index contributed by atoms with van der Waals surface area (Å²) >= 11 is 0. The van der Waals surface area contributed by atoms with Crippen molar-refractivity contribution in [2.24, 2.45) is 0 Å². The van der Waals surface area contributed by atoms with Gasteiger partial charge in [-0.2, -0.15) is 0 Å². The normalized spacial score (nSPS) is 12.9. The zero-order valence-electron chi connectivity index (χ0n) is 15.0. The van der Waals surface area contributed by atoms with Gasteiger partial charge in [0, 0.05) is 23.5 Å². The van der Waals surface area contributed by atoms with Crippen LogP contribution in [0.1, 0.15) is 5.56 Å². The lowest BCUT2D eigenvalue weighted by Crippen LogP contribution is -2.15. The third kappa shape index (κ3) is 2.87. The molecule has 0 unspecified atom stereocenters. The summed E-state index contributed by atoms with van der Waals surface area (Å²) in [4.78, 5) is 4.87. The highest BCUT2D eigenvalue weighted by atomic mass is 16.6. The Labute approximate surface area is 157 Å². The minimum Gasteiger partial charge on any atom is -0.486 e. The summed E-state index contributed by atoms with van der Waals surface area (Å²) in [6, 6.07) is 20.3. The summed E-state index contributed by atoms with van der Waals surface area (Å²) in [6.07, 6.45) is 2.05. The Hall–Kier alpha value is -3.47. The van der Waals surface area contributed by atoms with Crippen LogP contribution in [0.3, 0.4) is 0 Å². The minimum absolute atomic E-state index is 0.570. The van der Waals surface area contributed by atoms with Gasteiger partial charge in [-0.15, -0.1) is 0 Å². The van der Waals surface area contributed by atoms with Gasteiger partial charge in [0.15, 0.2) is 11.5 Å². The number of rotatable bonds is 3. The third-order valence-corrected chi connectivity index (χ3v) is 4.63. The fourth-order valence-electron chi connectivity index (χ4n) is 3.32. The van der Waals surface area contributed by atoms with Crippen LogP contribution in [0.2, 0.25) is 0 Å². The number of ether oxygens (including phenoxy) is 2. The highest BCUT2D eigenvalue weighted by Crippen LogP contribution is 2.36. The number of hydrogen-bond acceptors (Lipinski definition) is 4. The lowest BCUT2D eigenvalue weighted by atomic mass is 10.1. The van der Waals surface area contributed by atoms with E-state index in [1.54, 1.807) is 0 Å². The maximum absolute atomic E-state index is 5.71. The molecule has 4 aromatic rings. The van der Waals surface area contributed by atoms with Crippen molar-refractivity contribution in [2.75, 3.05) is 18.5 Å². The first-order chi connectivity index (χ1) is 13.3. The summed E-state index contributed by atoms with van der Waals surface area (Å²) in [6.45, 7) is 3.23. The number of benzene rings is 2. The second kappa shape index (κ2) is 6.36. The Bertz CT molecular complexity index is 1120. The van der Waals surface area contributed by atoms with Crippen molar-refractivity contribution >= 4 is 17.2 Å². The fraction of sp³-hybridized carbons (Fsp3) is 0.136. The van der Waals surface area contributed by atoms with E-state index in [1.165, 1.54) is 5.56 Å². The third-order valence-electron chi connectivity index (χ3n) is 4.63. The first-order valence-electron chi connectivity index (χ1n) is 8.99. The standard InChI is InChI=1S/C22H19N3O2/c1-15-9-10-25-20(13-15)24-21(16-5-3-2-4-6-16)22(25)23-17-7-8-18-19(14-17)27-12-11-26-18/h2-10,13-14,23H,11-12H2,1H3. The average molecular weight is 357 g/mol. The highest BCUT2D eigenvalue weighted by molar-refractivity contribution is 5.80. The van der Waals surface area contributed by atoms with Crippen molar-refractivity contribution in [3.05, 3.63) is 72.4 Å². The van der Waals surface area contributed by atoms with E-state index in [1.807, 2.05) is 42.6 Å². The van der Waals surface area contributed by atoms with Crippen LogP contribution in [-0.2, 0) is 0 Å². The number of anilines is 2. The topological polar surface area (TPSA) is 47.8 Å². The van der Waals surface area contributed by atoms with E-state index in [2.05, 4.69) is 40.9 Å². The molecular formula is C22H19N3O2. The van der Waals surface area contributed by atoms with Crippen LogP contribution in [0.4, 0.5) is 11.5 Å². The molecule has 1 N–H and O–H groups in total. The Kier molecular flexibility index (Phi) is 3.71. The van der Waals surface area contributed by atoms with Gasteiger partial charge in [0.25, 0.3) is 0 Å². The van der Waals surface area contributed by atoms with Gasteiger partial charge in [-0.05, 0) is 36.8 Å². The fourth-order valence-corrected chi connectivity index (χ4v) is 3.32. The van der Waals surface area contributed by atoms with Gasteiger partial charge >= 0.3 is 0 Å². The summed E-state index contributed by atoms with van der Waals surface area (Å²) in [7, 11) is 0. The van der Waals surface area contributed by atoms with Crippen molar-refractivity contribution in [3.63, 3.8) is 0 Å². The molecule has 2 aromatic heterocycles. The molecule has 0 bridgehead atoms. The quantitative estimate of drug-likeness (QED) is 0.571. The maximum atomic E-state index is 5.71. The molecular weight excluding hydrogens is 338 g/mol. The molecule has 27 heavy (non-hydrogen) atoms. The molecule has 0 saturated carbocycles. The molecule has 0 atom stereocenters. The van der Waals surface area contributed by atoms with Crippen LogP contribution < -0.4 is 14.8 Å². The molecule has 0 fully saturated rings.